The van der Waals surface area contributed by atoms with Gasteiger partial charge >= 0.3 is 0 Å². The molecule has 3 heterocycles. The van der Waals surface area contributed by atoms with Crippen molar-refractivity contribution in [1.82, 2.24) is 9.97 Å². The maximum atomic E-state index is 10.7. The molecule has 25 heavy (non-hydrogen) atoms. The molecule has 1 atom stereocenters. The quantitative estimate of drug-likeness (QED) is 0.610. The Morgan fingerprint density at radius 2 is 1.52 bits per heavy atom. The highest BCUT2D eigenvalue weighted by Gasteiger charge is 2.26. The summed E-state index contributed by atoms with van der Waals surface area (Å²) in [4.78, 5) is 32.9. The van der Waals surface area contributed by atoms with Crippen LogP contribution in [0.3, 0.4) is 0 Å². The molecular formula is C15H16N6O4. The Labute approximate surface area is 143 Å². The topological polar surface area (TPSA) is 119 Å². The zero-order valence-electron chi connectivity index (χ0n) is 13.5. The minimum Gasteiger partial charge on any atom is -0.353 e. The number of rotatable bonds is 4. The highest BCUT2D eigenvalue weighted by molar-refractivity contribution is 5.49. The molecule has 0 saturated carbocycles. The van der Waals surface area contributed by atoms with Gasteiger partial charge in [0.05, 0.1) is 9.85 Å². The zero-order chi connectivity index (χ0) is 18.0. The van der Waals surface area contributed by atoms with Gasteiger partial charge in [-0.05, 0) is 19.1 Å². The van der Waals surface area contributed by atoms with Crippen molar-refractivity contribution in [2.75, 3.05) is 29.4 Å². The third kappa shape index (κ3) is 3.47. The second-order valence-corrected chi connectivity index (χ2v) is 5.75. The molecule has 0 bridgehead atoms. The molecule has 1 aliphatic rings. The first-order valence-electron chi connectivity index (χ1n) is 7.68. The fourth-order valence-corrected chi connectivity index (χ4v) is 2.84. The summed E-state index contributed by atoms with van der Waals surface area (Å²) in [5, 5.41) is 21.4. The highest BCUT2D eigenvalue weighted by atomic mass is 16.6. The zero-order valence-corrected chi connectivity index (χ0v) is 13.5. The van der Waals surface area contributed by atoms with E-state index in [1.54, 1.807) is 12.1 Å². The van der Waals surface area contributed by atoms with Crippen LogP contribution in [-0.4, -0.2) is 45.5 Å². The van der Waals surface area contributed by atoms with Gasteiger partial charge < -0.3 is 9.80 Å². The average Bonchev–Trinajstić information content (AvgIpc) is 2.62. The van der Waals surface area contributed by atoms with Crippen molar-refractivity contribution in [3.8, 4) is 0 Å². The summed E-state index contributed by atoms with van der Waals surface area (Å²) < 4.78 is 0. The van der Waals surface area contributed by atoms with Crippen LogP contribution in [0.4, 0.5) is 23.0 Å². The number of hydrogen-bond acceptors (Lipinski definition) is 8. The normalized spacial score (nSPS) is 17.4. The fourth-order valence-electron chi connectivity index (χ4n) is 2.84. The highest BCUT2D eigenvalue weighted by Crippen LogP contribution is 2.23. The molecule has 0 radical (unpaired) electrons. The van der Waals surface area contributed by atoms with E-state index in [0.717, 1.165) is 0 Å². The lowest BCUT2D eigenvalue weighted by Gasteiger charge is -2.41. The van der Waals surface area contributed by atoms with Gasteiger partial charge in [0.15, 0.2) is 0 Å². The van der Waals surface area contributed by atoms with Crippen LogP contribution in [-0.2, 0) is 0 Å². The minimum atomic E-state index is -0.475. The molecule has 0 aliphatic carbocycles. The number of nitro groups is 2. The van der Waals surface area contributed by atoms with E-state index in [1.807, 2.05) is 6.92 Å². The SMILES string of the molecule is C[C@H]1CN(c2ccc([N+](=O)[O-])cn2)CCN1c1ccc([N+](=O)[O-])cn1. The Bertz CT molecular complexity index is 780. The molecule has 2 aromatic heterocycles. The van der Waals surface area contributed by atoms with Crippen LogP contribution >= 0.6 is 0 Å². The third-order valence-corrected chi connectivity index (χ3v) is 4.13. The molecule has 2 aromatic rings. The molecule has 0 amide bonds. The second kappa shape index (κ2) is 6.67. The lowest BCUT2D eigenvalue weighted by molar-refractivity contribution is -0.385. The second-order valence-electron chi connectivity index (χ2n) is 5.75. The number of nitrogens with zero attached hydrogens (tertiary/aromatic N) is 6. The lowest BCUT2D eigenvalue weighted by Crippen LogP contribution is -2.52. The van der Waals surface area contributed by atoms with Crippen LogP contribution in [0.25, 0.3) is 0 Å². The number of piperazine rings is 1. The first kappa shape index (κ1) is 16.6. The van der Waals surface area contributed by atoms with Gasteiger partial charge in [-0.1, -0.05) is 0 Å². The number of aromatic nitrogens is 2. The summed E-state index contributed by atoms with van der Waals surface area (Å²) in [6.45, 7) is 4.04. The third-order valence-electron chi connectivity index (χ3n) is 4.13. The molecule has 3 rings (SSSR count). The summed E-state index contributed by atoms with van der Waals surface area (Å²) in [5.41, 5.74) is -0.0735. The smallest absolute Gasteiger partial charge is 0.287 e. The van der Waals surface area contributed by atoms with Gasteiger partial charge in [-0.3, -0.25) is 20.2 Å². The molecule has 1 fully saturated rings. The average molecular weight is 344 g/mol. The van der Waals surface area contributed by atoms with Crippen molar-refractivity contribution >= 4 is 23.0 Å². The van der Waals surface area contributed by atoms with E-state index < -0.39 is 9.85 Å². The van der Waals surface area contributed by atoms with Crippen molar-refractivity contribution < 1.29 is 9.85 Å². The van der Waals surface area contributed by atoms with Crippen molar-refractivity contribution in [2.24, 2.45) is 0 Å². The maximum Gasteiger partial charge on any atom is 0.287 e. The largest absolute Gasteiger partial charge is 0.353 e. The molecule has 1 aliphatic heterocycles. The molecule has 130 valence electrons. The summed E-state index contributed by atoms with van der Waals surface area (Å²) in [6.07, 6.45) is 2.51. The van der Waals surface area contributed by atoms with Crippen LogP contribution < -0.4 is 9.80 Å². The molecule has 0 N–H and O–H groups in total. The molecule has 0 unspecified atom stereocenters. The minimum absolute atomic E-state index is 0.0366. The first-order chi connectivity index (χ1) is 12.0. The summed E-state index contributed by atoms with van der Waals surface area (Å²) in [6, 6.07) is 6.29. The van der Waals surface area contributed by atoms with Crippen molar-refractivity contribution in [1.29, 1.82) is 0 Å². The van der Waals surface area contributed by atoms with E-state index in [2.05, 4.69) is 19.8 Å². The number of anilines is 2. The Morgan fingerprint density at radius 3 is 1.96 bits per heavy atom. The van der Waals surface area contributed by atoms with Gasteiger partial charge in [0.1, 0.15) is 24.0 Å². The molecule has 0 aromatic carbocycles. The molecule has 10 heteroatoms. The van der Waals surface area contributed by atoms with Crippen LogP contribution in [0.15, 0.2) is 36.7 Å². The Balaban J connectivity index is 1.69. The van der Waals surface area contributed by atoms with Crippen molar-refractivity contribution in [3.05, 3.63) is 56.9 Å². The standard InChI is InChI=1S/C15H16N6O4/c1-11-10-18(14-4-2-12(8-16-14)20(22)23)6-7-19(11)15-5-3-13(9-17-15)21(24)25/h2-5,8-9,11H,6-7,10H2,1H3/t11-/m0/s1. The van der Waals surface area contributed by atoms with E-state index in [0.29, 0.717) is 31.3 Å². The Hall–Kier alpha value is -3.30. The van der Waals surface area contributed by atoms with Crippen LogP contribution in [0.2, 0.25) is 0 Å². The van der Waals surface area contributed by atoms with Gasteiger partial charge in [0.2, 0.25) is 0 Å². The summed E-state index contributed by atoms with van der Waals surface area (Å²) >= 11 is 0. The van der Waals surface area contributed by atoms with Gasteiger partial charge in [-0.15, -0.1) is 0 Å². The predicted molar refractivity (Wildman–Crippen MR) is 90.8 cm³/mol. The molecule has 0 spiro atoms. The number of hydrogen-bond donors (Lipinski definition) is 0. The van der Waals surface area contributed by atoms with Crippen molar-refractivity contribution in [3.63, 3.8) is 0 Å². The van der Waals surface area contributed by atoms with Gasteiger partial charge in [-0.25, -0.2) is 9.97 Å². The Kier molecular flexibility index (Phi) is 4.42. The lowest BCUT2D eigenvalue weighted by atomic mass is 10.2. The predicted octanol–water partition coefficient (Wildman–Crippen LogP) is 2.01. The summed E-state index contributed by atoms with van der Waals surface area (Å²) in [5.74, 6) is 1.38. The van der Waals surface area contributed by atoms with Gasteiger partial charge in [-0.2, -0.15) is 0 Å². The first-order valence-corrected chi connectivity index (χ1v) is 7.68. The van der Waals surface area contributed by atoms with E-state index in [9.17, 15) is 20.2 Å². The van der Waals surface area contributed by atoms with Gasteiger partial charge in [0, 0.05) is 37.8 Å². The fraction of sp³-hybridized carbons (Fsp3) is 0.333. The maximum absolute atomic E-state index is 10.7. The van der Waals surface area contributed by atoms with E-state index >= 15 is 0 Å². The monoisotopic (exact) mass is 344 g/mol. The summed E-state index contributed by atoms with van der Waals surface area (Å²) in [7, 11) is 0. The molecule has 1 saturated heterocycles. The van der Waals surface area contributed by atoms with Crippen LogP contribution in [0.1, 0.15) is 6.92 Å². The van der Waals surface area contributed by atoms with Crippen LogP contribution in [0.5, 0.6) is 0 Å². The van der Waals surface area contributed by atoms with Gasteiger partial charge in [0.25, 0.3) is 11.4 Å². The molecular weight excluding hydrogens is 328 g/mol. The van der Waals surface area contributed by atoms with E-state index in [4.69, 9.17) is 0 Å². The molecule has 10 nitrogen and oxygen atoms in total. The number of pyridine rings is 2. The van der Waals surface area contributed by atoms with E-state index in [-0.39, 0.29) is 17.4 Å². The van der Waals surface area contributed by atoms with Crippen molar-refractivity contribution in [2.45, 2.75) is 13.0 Å². The van der Waals surface area contributed by atoms with E-state index in [1.165, 1.54) is 24.5 Å². The Morgan fingerprint density at radius 1 is 0.960 bits per heavy atom. The van der Waals surface area contributed by atoms with Crippen LogP contribution in [0, 0.1) is 20.2 Å².